The van der Waals surface area contributed by atoms with Crippen LogP contribution >= 0.6 is 12.4 Å². The number of furan rings is 1. The van der Waals surface area contributed by atoms with E-state index in [1.165, 1.54) is 6.26 Å². The smallest absolute Gasteiger partial charge is 0.287 e. The van der Waals surface area contributed by atoms with E-state index in [1.807, 2.05) is 0 Å². The molecule has 6 nitrogen and oxygen atoms in total. The fourth-order valence-electron chi connectivity index (χ4n) is 2.04. The van der Waals surface area contributed by atoms with Crippen LogP contribution in [0.2, 0.25) is 0 Å². The van der Waals surface area contributed by atoms with Crippen molar-refractivity contribution >= 4 is 24.2 Å². The van der Waals surface area contributed by atoms with Crippen LogP contribution in [-0.2, 0) is 4.79 Å². The van der Waals surface area contributed by atoms with Crippen LogP contribution in [0.25, 0.3) is 0 Å². The number of nitrogens with one attached hydrogen (secondary N) is 3. The molecule has 1 aromatic rings. The van der Waals surface area contributed by atoms with E-state index >= 15 is 0 Å². The van der Waals surface area contributed by atoms with Crippen LogP contribution in [-0.4, -0.2) is 37.0 Å². The first-order chi connectivity index (χ1) is 9.16. The number of carbonyl (C=O) groups excluding carboxylic acids is 2. The largest absolute Gasteiger partial charge is 0.459 e. The topological polar surface area (TPSA) is 83.4 Å². The van der Waals surface area contributed by atoms with Crippen LogP contribution in [0.15, 0.2) is 22.8 Å². The van der Waals surface area contributed by atoms with Gasteiger partial charge in [0.1, 0.15) is 6.04 Å². The fraction of sp³-hybridized carbons (Fsp3) is 0.538. The predicted molar refractivity (Wildman–Crippen MR) is 76.9 cm³/mol. The van der Waals surface area contributed by atoms with Crippen molar-refractivity contribution in [2.75, 3.05) is 13.1 Å². The Hall–Kier alpha value is -1.53. The number of carbonyl (C=O) groups is 2. The van der Waals surface area contributed by atoms with Gasteiger partial charge >= 0.3 is 0 Å². The Morgan fingerprint density at radius 1 is 1.50 bits per heavy atom. The third-order valence-electron chi connectivity index (χ3n) is 3.13. The second-order valence-corrected chi connectivity index (χ2v) is 4.72. The zero-order chi connectivity index (χ0) is 13.7. The second kappa shape index (κ2) is 7.91. The Morgan fingerprint density at radius 2 is 2.30 bits per heavy atom. The summed E-state index contributed by atoms with van der Waals surface area (Å²) >= 11 is 0. The summed E-state index contributed by atoms with van der Waals surface area (Å²) in [4.78, 5) is 23.6. The Labute approximate surface area is 124 Å². The predicted octanol–water partition coefficient (Wildman–Crippen LogP) is 0.688. The highest BCUT2D eigenvalue weighted by Crippen LogP contribution is 2.03. The maximum atomic E-state index is 11.9. The Kier molecular flexibility index (Phi) is 6.54. The monoisotopic (exact) mass is 301 g/mol. The van der Waals surface area contributed by atoms with E-state index in [1.54, 1.807) is 19.1 Å². The van der Waals surface area contributed by atoms with Crippen molar-refractivity contribution in [3.05, 3.63) is 24.2 Å². The van der Waals surface area contributed by atoms with Gasteiger partial charge in [-0.1, -0.05) is 0 Å². The van der Waals surface area contributed by atoms with Gasteiger partial charge in [0.25, 0.3) is 5.91 Å². The molecule has 0 radical (unpaired) electrons. The molecular weight excluding hydrogens is 282 g/mol. The SMILES string of the molecule is CC(NC(=O)c1ccco1)C(=O)N[C@H]1CCCNC1.Cl. The van der Waals surface area contributed by atoms with Gasteiger partial charge in [0, 0.05) is 12.6 Å². The van der Waals surface area contributed by atoms with Gasteiger partial charge in [-0.15, -0.1) is 12.4 Å². The third-order valence-corrected chi connectivity index (χ3v) is 3.13. The van der Waals surface area contributed by atoms with Gasteiger partial charge in [0.05, 0.1) is 6.26 Å². The van der Waals surface area contributed by atoms with Gasteiger partial charge in [0.15, 0.2) is 5.76 Å². The minimum Gasteiger partial charge on any atom is -0.459 e. The molecule has 0 saturated carbocycles. The molecule has 0 aliphatic carbocycles. The highest BCUT2D eigenvalue weighted by Gasteiger charge is 2.21. The van der Waals surface area contributed by atoms with Crippen molar-refractivity contribution < 1.29 is 14.0 Å². The first kappa shape index (κ1) is 16.5. The molecule has 20 heavy (non-hydrogen) atoms. The third kappa shape index (κ3) is 4.54. The molecule has 2 rings (SSSR count). The molecule has 2 amide bonds. The van der Waals surface area contributed by atoms with Crippen LogP contribution in [0.4, 0.5) is 0 Å². The molecule has 2 atom stereocenters. The van der Waals surface area contributed by atoms with Crippen molar-refractivity contribution in [2.45, 2.75) is 31.8 Å². The van der Waals surface area contributed by atoms with Crippen LogP contribution in [0, 0.1) is 0 Å². The summed E-state index contributed by atoms with van der Waals surface area (Å²) in [6, 6.07) is 2.75. The van der Waals surface area contributed by atoms with Gasteiger partial charge in [-0.2, -0.15) is 0 Å². The lowest BCUT2D eigenvalue weighted by atomic mass is 10.1. The summed E-state index contributed by atoms with van der Waals surface area (Å²) in [5.41, 5.74) is 0. The van der Waals surface area contributed by atoms with Gasteiger partial charge in [-0.05, 0) is 38.4 Å². The molecule has 0 aromatic carbocycles. The summed E-state index contributed by atoms with van der Waals surface area (Å²) in [6.45, 7) is 3.44. The lowest BCUT2D eigenvalue weighted by Crippen LogP contribution is -2.52. The summed E-state index contributed by atoms with van der Waals surface area (Å²) in [7, 11) is 0. The maximum absolute atomic E-state index is 11.9. The minimum atomic E-state index is -0.584. The number of halogens is 1. The first-order valence-electron chi connectivity index (χ1n) is 6.52. The molecule has 1 aliphatic heterocycles. The van der Waals surface area contributed by atoms with Crippen LogP contribution in [0.1, 0.15) is 30.3 Å². The number of rotatable bonds is 4. The summed E-state index contributed by atoms with van der Waals surface area (Å²) < 4.78 is 4.97. The van der Waals surface area contributed by atoms with Crippen LogP contribution < -0.4 is 16.0 Å². The van der Waals surface area contributed by atoms with Gasteiger partial charge < -0.3 is 20.4 Å². The average Bonchev–Trinajstić information content (AvgIpc) is 2.93. The molecule has 1 aliphatic rings. The van der Waals surface area contributed by atoms with Crippen LogP contribution in [0.5, 0.6) is 0 Å². The lowest BCUT2D eigenvalue weighted by Gasteiger charge is -2.25. The van der Waals surface area contributed by atoms with E-state index < -0.39 is 6.04 Å². The molecule has 2 heterocycles. The van der Waals surface area contributed by atoms with E-state index in [0.29, 0.717) is 0 Å². The Balaban J connectivity index is 0.00000200. The number of amides is 2. The Bertz CT molecular complexity index is 430. The number of hydrogen-bond donors (Lipinski definition) is 3. The molecule has 1 unspecified atom stereocenters. The fourth-order valence-corrected chi connectivity index (χ4v) is 2.04. The molecule has 3 N–H and O–H groups in total. The van der Waals surface area contributed by atoms with Gasteiger partial charge in [0.2, 0.25) is 5.91 Å². The molecular formula is C13H20ClN3O3. The normalized spacial score (nSPS) is 19.6. The van der Waals surface area contributed by atoms with Crippen molar-refractivity contribution in [2.24, 2.45) is 0 Å². The standard InChI is InChI=1S/C13H19N3O3.ClH/c1-9(15-13(18)11-5-3-7-19-11)12(17)16-10-4-2-6-14-8-10;/h3,5,7,9-10,14H,2,4,6,8H2,1H3,(H,15,18)(H,16,17);1H/t9?,10-;/m0./s1. The summed E-state index contributed by atoms with van der Waals surface area (Å²) in [5.74, 6) is -0.345. The summed E-state index contributed by atoms with van der Waals surface area (Å²) in [6.07, 6.45) is 3.45. The molecule has 7 heteroatoms. The molecule has 0 bridgehead atoms. The molecule has 112 valence electrons. The highest BCUT2D eigenvalue weighted by atomic mass is 35.5. The van der Waals surface area contributed by atoms with E-state index in [-0.39, 0.29) is 36.0 Å². The Morgan fingerprint density at radius 3 is 2.90 bits per heavy atom. The number of hydrogen-bond acceptors (Lipinski definition) is 4. The first-order valence-corrected chi connectivity index (χ1v) is 6.52. The van der Waals surface area contributed by atoms with Crippen molar-refractivity contribution in [1.29, 1.82) is 0 Å². The quantitative estimate of drug-likeness (QED) is 0.764. The van der Waals surface area contributed by atoms with E-state index in [4.69, 9.17) is 4.42 Å². The molecule has 0 spiro atoms. The zero-order valence-electron chi connectivity index (χ0n) is 11.3. The maximum Gasteiger partial charge on any atom is 0.287 e. The molecule has 1 fully saturated rings. The molecule has 1 saturated heterocycles. The van der Waals surface area contributed by atoms with Gasteiger partial charge in [-0.3, -0.25) is 9.59 Å². The second-order valence-electron chi connectivity index (χ2n) is 4.72. The molecule has 1 aromatic heterocycles. The van der Waals surface area contributed by atoms with Crippen LogP contribution in [0.3, 0.4) is 0 Å². The zero-order valence-corrected chi connectivity index (χ0v) is 12.2. The average molecular weight is 302 g/mol. The van der Waals surface area contributed by atoms with E-state index in [9.17, 15) is 9.59 Å². The van der Waals surface area contributed by atoms with Gasteiger partial charge in [-0.25, -0.2) is 0 Å². The van der Waals surface area contributed by atoms with Crippen molar-refractivity contribution in [1.82, 2.24) is 16.0 Å². The number of piperidine rings is 1. The summed E-state index contributed by atoms with van der Waals surface area (Å²) in [5, 5.41) is 8.75. The van der Waals surface area contributed by atoms with Crippen molar-refractivity contribution in [3.63, 3.8) is 0 Å². The van der Waals surface area contributed by atoms with E-state index in [0.717, 1.165) is 25.9 Å². The van der Waals surface area contributed by atoms with E-state index in [2.05, 4.69) is 16.0 Å². The highest BCUT2D eigenvalue weighted by molar-refractivity contribution is 5.95. The lowest BCUT2D eigenvalue weighted by molar-refractivity contribution is -0.123. The minimum absolute atomic E-state index is 0. The van der Waals surface area contributed by atoms with Crippen molar-refractivity contribution in [3.8, 4) is 0 Å².